The molecule has 0 spiro atoms. The van der Waals surface area contributed by atoms with Crippen molar-refractivity contribution in [2.45, 2.75) is 25.2 Å². The molecular formula is C14H14F3NO2. The lowest BCUT2D eigenvalue weighted by molar-refractivity contribution is -0.274. The molecule has 0 N–H and O–H groups in total. The highest BCUT2D eigenvalue weighted by molar-refractivity contribution is 5.97. The lowest BCUT2D eigenvalue weighted by atomic mass is 10.1. The van der Waals surface area contributed by atoms with Gasteiger partial charge in [-0.15, -0.1) is 13.2 Å². The third-order valence-corrected chi connectivity index (χ3v) is 3.11. The van der Waals surface area contributed by atoms with Gasteiger partial charge in [0.25, 0.3) is 5.91 Å². The molecule has 0 radical (unpaired) electrons. The van der Waals surface area contributed by atoms with Crippen molar-refractivity contribution in [1.82, 2.24) is 4.90 Å². The number of amides is 1. The molecular weight excluding hydrogens is 271 g/mol. The van der Waals surface area contributed by atoms with Crippen LogP contribution in [0.1, 0.15) is 28.8 Å². The Morgan fingerprint density at radius 2 is 2.10 bits per heavy atom. The van der Waals surface area contributed by atoms with E-state index in [9.17, 15) is 18.0 Å². The summed E-state index contributed by atoms with van der Waals surface area (Å²) in [6, 6.07) is 4.02. The minimum absolute atomic E-state index is 0.103. The zero-order valence-electron chi connectivity index (χ0n) is 10.9. The Hall–Kier alpha value is -1.98. The molecule has 0 atom stereocenters. The average Bonchev–Trinajstić information content (AvgIpc) is 3.20. The molecule has 1 aliphatic rings. The fourth-order valence-corrected chi connectivity index (χ4v) is 1.87. The van der Waals surface area contributed by atoms with E-state index in [1.165, 1.54) is 23.1 Å². The fraction of sp³-hybridized carbons (Fsp3) is 0.357. The lowest BCUT2D eigenvalue weighted by Crippen LogP contribution is -2.30. The van der Waals surface area contributed by atoms with Crippen molar-refractivity contribution in [3.8, 4) is 5.75 Å². The second kappa shape index (κ2) is 5.19. The molecule has 1 amide bonds. The summed E-state index contributed by atoms with van der Waals surface area (Å²) in [5.41, 5.74) is 0.459. The summed E-state index contributed by atoms with van der Waals surface area (Å²) in [6.07, 6.45) is -1.62. The second-order valence-corrected chi connectivity index (χ2v) is 4.65. The van der Waals surface area contributed by atoms with Gasteiger partial charge in [-0.2, -0.15) is 0 Å². The Morgan fingerprint density at radius 3 is 2.60 bits per heavy atom. The molecule has 3 nitrogen and oxygen atoms in total. The van der Waals surface area contributed by atoms with E-state index in [0.717, 1.165) is 18.9 Å². The average molecular weight is 285 g/mol. The summed E-state index contributed by atoms with van der Waals surface area (Å²) in [4.78, 5) is 13.7. The van der Waals surface area contributed by atoms with Gasteiger partial charge < -0.3 is 9.64 Å². The van der Waals surface area contributed by atoms with Gasteiger partial charge in [0, 0.05) is 13.1 Å². The maximum Gasteiger partial charge on any atom is 0.573 e. The molecule has 1 aromatic rings. The predicted molar refractivity (Wildman–Crippen MR) is 68.3 cm³/mol. The van der Waals surface area contributed by atoms with Gasteiger partial charge in [-0.05, 0) is 30.5 Å². The van der Waals surface area contributed by atoms with Crippen molar-refractivity contribution in [2.75, 3.05) is 7.05 Å². The molecule has 1 fully saturated rings. The number of nitrogens with zero attached hydrogens (tertiary/aromatic N) is 1. The minimum Gasteiger partial charge on any atom is -0.405 e. The van der Waals surface area contributed by atoms with Crippen molar-refractivity contribution in [3.63, 3.8) is 0 Å². The van der Waals surface area contributed by atoms with Gasteiger partial charge in [0.1, 0.15) is 5.75 Å². The van der Waals surface area contributed by atoms with E-state index in [1.807, 2.05) is 0 Å². The summed E-state index contributed by atoms with van der Waals surface area (Å²) >= 11 is 0. The molecule has 108 valence electrons. The first-order chi connectivity index (χ1) is 9.31. The summed E-state index contributed by atoms with van der Waals surface area (Å²) in [6.45, 7) is 3.54. The first kappa shape index (κ1) is 14.4. The highest BCUT2D eigenvalue weighted by Gasteiger charge is 2.35. The van der Waals surface area contributed by atoms with Crippen molar-refractivity contribution >= 4 is 12.0 Å². The first-order valence-electron chi connectivity index (χ1n) is 6.11. The van der Waals surface area contributed by atoms with E-state index in [4.69, 9.17) is 0 Å². The maximum atomic E-state index is 12.4. The molecule has 1 aliphatic carbocycles. The summed E-state index contributed by atoms with van der Waals surface area (Å²) in [5.74, 6) is -0.962. The Morgan fingerprint density at radius 1 is 1.45 bits per heavy atom. The number of hydrogen-bond donors (Lipinski definition) is 0. The fourth-order valence-electron chi connectivity index (χ4n) is 1.87. The zero-order chi connectivity index (χ0) is 14.9. The normalized spacial score (nSPS) is 14.8. The number of ether oxygens (including phenoxy) is 1. The third kappa shape index (κ3) is 3.31. The standard InChI is InChI=1S/C14H14F3NO2/c1-3-9-4-7-12(20-14(15,16)17)11(8-9)13(19)18(2)10-5-6-10/h3-4,7-8,10H,1,5-6H2,2H3. The van der Waals surface area contributed by atoms with E-state index < -0.39 is 18.0 Å². The smallest absolute Gasteiger partial charge is 0.405 e. The van der Waals surface area contributed by atoms with Gasteiger partial charge in [0.15, 0.2) is 0 Å². The number of alkyl halides is 3. The molecule has 6 heteroatoms. The van der Waals surface area contributed by atoms with Crippen LogP contribution in [0.2, 0.25) is 0 Å². The van der Waals surface area contributed by atoms with Gasteiger partial charge in [-0.3, -0.25) is 4.79 Å². The summed E-state index contributed by atoms with van der Waals surface area (Å²) in [7, 11) is 1.58. The molecule has 1 saturated carbocycles. The number of carbonyl (C=O) groups excluding carboxylic acids is 1. The maximum absolute atomic E-state index is 12.4. The number of rotatable bonds is 4. The van der Waals surface area contributed by atoms with Crippen LogP contribution in [0.5, 0.6) is 5.75 Å². The molecule has 0 saturated heterocycles. The first-order valence-corrected chi connectivity index (χ1v) is 6.11. The van der Waals surface area contributed by atoms with E-state index >= 15 is 0 Å². The van der Waals surface area contributed by atoms with Crippen molar-refractivity contribution in [1.29, 1.82) is 0 Å². The van der Waals surface area contributed by atoms with Crippen LogP contribution in [0.15, 0.2) is 24.8 Å². The van der Waals surface area contributed by atoms with Crippen LogP contribution < -0.4 is 4.74 Å². The van der Waals surface area contributed by atoms with E-state index in [-0.39, 0.29) is 11.6 Å². The molecule has 1 aromatic carbocycles. The Kier molecular flexibility index (Phi) is 3.74. The topological polar surface area (TPSA) is 29.5 Å². The van der Waals surface area contributed by atoms with E-state index in [0.29, 0.717) is 5.56 Å². The number of hydrogen-bond acceptors (Lipinski definition) is 2. The molecule has 0 bridgehead atoms. The van der Waals surface area contributed by atoms with Gasteiger partial charge in [-0.25, -0.2) is 0 Å². The number of benzene rings is 1. The highest BCUT2D eigenvalue weighted by atomic mass is 19.4. The molecule has 20 heavy (non-hydrogen) atoms. The molecule has 0 heterocycles. The predicted octanol–water partition coefficient (Wildman–Crippen LogP) is 3.46. The second-order valence-electron chi connectivity index (χ2n) is 4.65. The Labute approximate surface area is 114 Å². The molecule has 0 aliphatic heterocycles. The SMILES string of the molecule is C=Cc1ccc(OC(F)(F)F)c(C(=O)N(C)C2CC2)c1. The molecule has 0 unspecified atom stereocenters. The van der Waals surface area contributed by atoms with Crippen molar-refractivity contribution < 1.29 is 22.7 Å². The van der Waals surface area contributed by atoms with Crippen molar-refractivity contribution in [3.05, 3.63) is 35.9 Å². The van der Waals surface area contributed by atoms with Crippen LogP contribution in [0, 0.1) is 0 Å². The zero-order valence-corrected chi connectivity index (χ0v) is 10.9. The summed E-state index contributed by atoms with van der Waals surface area (Å²) in [5, 5.41) is 0. The van der Waals surface area contributed by atoms with Crippen LogP contribution in [-0.4, -0.2) is 30.3 Å². The number of carbonyl (C=O) groups is 1. The van der Waals surface area contributed by atoms with Crippen LogP contribution in [0.4, 0.5) is 13.2 Å². The van der Waals surface area contributed by atoms with Gasteiger partial charge in [0.05, 0.1) is 5.56 Å². The minimum atomic E-state index is -4.83. The Balaban J connectivity index is 2.36. The largest absolute Gasteiger partial charge is 0.573 e. The van der Waals surface area contributed by atoms with Gasteiger partial charge >= 0.3 is 6.36 Å². The Bertz CT molecular complexity index is 536. The molecule has 2 rings (SSSR count). The van der Waals surface area contributed by atoms with Gasteiger partial charge in [0.2, 0.25) is 0 Å². The quantitative estimate of drug-likeness (QED) is 0.848. The highest BCUT2D eigenvalue weighted by Crippen LogP contribution is 2.32. The third-order valence-electron chi connectivity index (χ3n) is 3.11. The lowest BCUT2D eigenvalue weighted by Gasteiger charge is -2.19. The summed E-state index contributed by atoms with van der Waals surface area (Å²) < 4.78 is 41.0. The number of halogens is 3. The molecule has 0 aromatic heterocycles. The van der Waals surface area contributed by atoms with Crippen LogP contribution in [-0.2, 0) is 0 Å². The van der Waals surface area contributed by atoms with Gasteiger partial charge in [-0.1, -0.05) is 18.7 Å². The van der Waals surface area contributed by atoms with E-state index in [2.05, 4.69) is 11.3 Å². The van der Waals surface area contributed by atoms with E-state index in [1.54, 1.807) is 7.05 Å². The van der Waals surface area contributed by atoms with Crippen molar-refractivity contribution in [2.24, 2.45) is 0 Å². The van der Waals surface area contributed by atoms with Crippen LogP contribution in [0.3, 0.4) is 0 Å². The van der Waals surface area contributed by atoms with Crippen LogP contribution >= 0.6 is 0 Å². The van der Waals surface area contributed by atoms with Crippen LogP contribution in [0.25, 0.3) is 6.08 Å². The monoisotopic (exact) mass is 285 g/mol.